The summed E-state index contributed by atoms with van der Waals surface area (Å²) in [7, 11) is 1.72. The molecular weight excluding hydrogens is 180 g/mol. The minimum atomic E-state index is -0.0803. The van der Waals surface area contributed by atoms with Gasteiger partial charge in [-0.2, -0.15) is 0 Å². The van der Waals surface area contributed by atoms with E-state index in [9.17, 15) is 4.79 Å². The van der Waals surface area contributed by atoms with E-state index in [2.05, 4.69) is 24.5 Å². The molecule has 4 heteroatoms. The first-order valence-electron chi connectivity index (χ1n) is 5.09. The Balaban J connectivity index is 2.12. The number of carbonyl (C=O) groups excluding carboxylic acids is 1. The molecule has 0 aromatic carbocycles. The van der Waals surface area contributed by atoms with Gasteiger partial charge in [0.05, 0.1) is 5.60 Å². The van der Waals surface area contributed by atoms with E-state index >= 15 is 0 Å². The van der Waals surface area contributed by atoms with E-state index in [1.165, 1.54) is 0 Å². The second-order valence-electron chi connectivity index (χ2n) is 4.37. The molecule has 4 nitrogen and oxygen atoms in total. The van der Waals surface area contributed by atoms with Crippen molar-refractivity contribution in [2.24, 2.45) is 0 Å². The largest absolute Gasteiger partial charge is 0.379 e. The smallest absolute Gasteiger partial charge is 0.221 e. The van der Waals surface area contributed by atoms with Gasteiger partial charge < -0.3 is 15.4 Å². The van der Waals surface area contributed by atoms with E-state index in [1.54, 1.807) is 7.11 Å². The summed E-state index contributed by atoms with van der Waals surface area (Å²) in [6.07, 6.45) is 1.56. The lowest BCUT2D eigenvalue weighted by atomic mass is 10.1. The Hall–Kier alpha value is -0.610. The monoisotopic (exact) mass is 200 g/mol. The number of nitrogens with one attached hydrogen (secondary N) is 2. The van der Waals surface area contributed by atoms with Crippen molar-refractivity contribution < 1.29 is 9.53 Å². The topological polar surface area (TPSA) is 50.4 Å². The summed E-state index contributed by atoms with van der Waals surface area (Å²) in [5.74, 6) is 0.147. The molecule has 1 aliphatic heterocycles. The highest BCUT2D eigenvalue weighted by molar-refractivity contribution is 5.78. The van der Waals surface area contributed by atoms with Gasteiger partial charge in [-0.3, -0.25) is 4.79 Å². The van der Waals surface area contributed by atoms with Gasteiger partial charge >= 0.3 is 0 Å². The van der Waals surface area contributed by atoms with Crippen LogP contribution in [0.3, 0.4) is 0 Å². The van der Waals surface area contributed by atoms with Gasteiger partial charge in [-0.1, -0.05) is 0 Å². The van der Waals surface area contributed by atoms with Gasteiger partial charge in [-0.25, -0.2) is 0 Å². The number of carbonyl (C=O) groups is 1. The average Bonchev–Trinajstić information content (AvgIpc) is 2.51. The highest BCUT2D eigenvalue weighted by Crippen LogP contribution is 2.11. The van der Waals surface area contributed by atoms with Crippen LogP contribution < -0.4 is 10.6 Å². The van der Waals surface area contributed by atoms with E-state index in [1.807, 2.05) is 0 Å². The maximum Gasteiger partial charge on any atom is 0.221 e. The molecule has 0 bridgehead atoms. The molecule has 0 spiro atoms. The minimum absolute atomic E-state index is 0.0803. The van der Waals surface area contributed by atoms with Gasteiger partial charge in [-0.05, 0) is 26.8 Å². The highest BCUT2D eigenvalue weighted by atomic mass is 16.5. The molecule has 1 fully saturated rings. The molecule has 0 radical (unpaired) electrons. The van der Waals surface area contributed by atoms with E-state index in [-0.39, 0.29) is 11.5 Å². The first-order chi connectivity index (χ1) is 6.53. The zero-order chi connectivity index (χ0) is 10.6. The van der Waals surface area contributed by atoms with Gasteiger partial charge in [0.2, 0.25) is 5.91 Å². The summed E-state index contributed by atoms with van der Waals surface area (Å²) in [6.45, 7) is 5.77. The standard InChI is InChI=1S/C10H20N2O2/c1-10(2,14-3)4-5-11-8-6-9(13)12-7-8/h8,11H,4-7H2,1-3H3,(H,12,13). The van der Waals surface area contributed by atoms with Crippen molar-refractivity contribution in [3.05, 3.63) is 0 Å². The number of ether oxygens (including phenoxy) is 1. The van der Waals surface area contributed by atoms with Crippen LogP contribution in [0.1, 0.15) is 26.7 Å². The van der Waals surface area contributed by atoms with Crippen molar-refractivity contribution in [3.63, 3.8) is 0 Å². The Bertz CT molecular complexity index is 204. The summed E-state index contributed by atoms with van der Waals surface area (Å²) in [4.78, 5) is 10.9. The SMILES string of the molecule is COC(C)(C)CCNC1CNC(=O)C1. The highest BCUT2D eigenvalue weighted by Gasteiger charge is 2.22. The predicted octanol–water partition coefficient (Wildman–Crippen LogP) is 0.280. The second kappa shape index (κ2) is 4.75. The quantitative estimate of drug-likeness (QED) is 0.670. The van der Waals surface area contributed by atoms with Crippen LogP contribution in [0, 0.1) is 0 Å². The number of hydrogen-bond donors (Lipinski definition) is 2. The van der Waals surface area contributed by atoms with Crippen LogP contribution in [0.25, 0.3) is 0 Å². The summed E-state index contributed by atoms with van der Waals surface area (Å²) >= 11 is 0. The van der Waals surface area contributed by atoms with Crippen molar-refractivity contribution in [3.8, 4) is 0 Å². The molecular formula is C10H20N2O2. The molecule has 1 heterocycles. The van der Waals surface area contributed by atoms with Crippen molar-refractivity contribution in [2.75, 3.05) is 20.2 Å². The minimum Gasteiger partial charge on any atom is -0.379 e. The van der Waals surface area contributed by atoms with Crippen LogP contribution in [0.4, 0.5) is 0 Å². The van der Waals surface area contributed by atoms with Crippen LogP contribution in [-0.4, -0.2) is 37.7 Å². The fourth-order valence-electron chi connectivity index (χ4n) is 1.43. The summed E-state index contributed by atoms with van der Waals surface area (Å²) in [5, 5.41) is 6.14. The molecule has 0 aliphatic carbocycles. The first kappa shape index (κ1) is 11.5. The van der Waals surface area contributed by atoms with Crippen molar-refractivity contribution in [1.82, 2.24) is 10.6 Å². The number of amides is 1. The van der Waals surface area contributed by atoms with E-state index in [0.29, 0.717) is 12.5 Å². The second-order valence-corrected chi connectivity index (χ2v) is 4.37. The van der Waals surface area contributed by atoms with Gasteiger partial charge in [0.1, 0.15) is 0 Å². The van der Waals surface area contributed by atoms with Gasteiger partial charge in [0.25, 0.3) is 0 Å². The predicted molar refractivity (Wildman–Crippen MR) is 55.1 cm³/mol. The molecule has 1 saturated heterocycles. The maximum atomic E-state index is 10.9. The molecule has 1 rings (SSSR count). The van der Waals surface area contributed by atoms with Gasteiger partial charge in [-0.15, -0.1) is 0 Å². The summed E-state index contributed by atoms with van der Waals surface area (Å²) in [6, 6.07) is 0.301. The number of rotatable bonds is 5. The van der Waals surface area contributed by atoms with E-state index in [0.717, 1.165) is 19.5 Å². The molecule has 2 N–H and O–H groups in total. The third-order valence-corrected chi connectivity index (χ3v) is 2.69. The lowest BCUT2D eigenvalue weighted by Crippen LogP contribution is -2.35. The van der Waals surface area contributed by atoms with Crippen molar-refractivity contribution in [1.29, 1.82) is 0 Å². The van der Waals surface area contributed by atoms with Crippen LogP contribution in [0.15, 0.2) is 0 Å². The van der Waals surface area contributed by atoms with Crippen molar-refractivity contribution in [2.45, 2.75) is 38.3 Å². The lowest BCUT2D eigenvalue weighted by molar-refractivity contribution is -0.119. The van der Waals surface area contributed by atoms with Gasteiger partial charge in [0.15, 0.2) is 0 Å². The van der Waals surface area contributed by atoms with Gasteiger partial charge in [0, 0.05) is 26.1 Å². The molecule has 82 valence electrons. The summed E-state index contributed by atoms with van der Waals surface area (Å²) < 4.78 is 5.30. The molecule has 14 heavy (non-hydrogen) atoms. The Kier molecular flexibility index (Phi) is 3.89. The molecule has 1 amide bonds. The van der Waals surface area contributed by atoms with Crippen LogP contribution in [0.2, 0.25) is 0 Å². The molecule has 0 aromatic heterocycles. The molecule has 0 aromatic rings. The van der Waals surface area contributed by atoms with Crippen molar-refractivity contribution >= 4 is 5.91 Å². The first-order valence-corrected chi connectivity index (χ1v) is 5.09. The molecule has 1 aliphatic rings. The van der Waals surface area contributed by atoms with E-state index < -0.39 is 0 Å². The molecule has 1 atom stereocenters. The number of hydrogen-bond acceptors (Lipinski definition) is 3. The Morgan fingerprint density at radius 3 is 2.86 bits per heavy atom. The lowest BCUT2D eigenvalue weighted by Gasteiger charge is -2.23. The zero-order valence-electron chi connectivity index (χ0n) is 9.22. The zero-order valence-corrected chi connectivity index (χ0v) is 9.22. The van der Waals surface area contributed by atoms with Crippen LogP contribution in [-0.2, 0) is 9.53 Å². The Labute approximate surface area is 85.4 Å². The van der Waals surface area contributed by atoms with Crippen LogP contribution in [0.5, 0.6) is 0 Å². The fourth-order valence-corrected chi connectivity index (χ4v) is 1.43. The normalized spacial score (nSPS) is 22.5. The molecule has 1 unspecified atom stereocenters. The molecule has 0 saturated carbocycles. The third kappa shape index (κ3) is 3.64. The summed E-state index contributed by atoms with van der Waals surface area (Å²) in [5.41, 5.74) is -0.0803. The maximum absolute atomic E-state index is 10.9. The fraction of sp³-hybridized carbons (Fsp3) is 0.900. The Morgan fingerprint density at radius 2 is 2.36 bits per heavy atom. The van der Waals surface area contributed by atoms with Crippen LogP contribution >= 0.6 is 0 Å². The van der Waals surface area contributed by atoms with E-state index in [4.69, 9.17) is 4.74 Å². The Morgan fingerprint density at radius 1 is 1.64 bits per heavy atom. The average molecular weight is 200 g/mol. The third-order valence-electron chi connectivity index (χ3n) is 2.69. The number of methoxy groups -OCH3 is 1.